The summed E-state index contributed by atoms with van der Waals surface area (Å²) in [6.45, 7) is 3.81. The van der Waals surface area contributed by atoms with E-state index in [9.17, 15) is 4.79 Å². The van der Waals surface area contributed by atoms with Crippen molar-refractivity contribution in [3.63, 3.8) is 0 Å². The molecule has 2 N–H and O–H groups in total. The average Bonchev–Trinajstić information content (AvgIpc) is 2.63. The second-order valence-electron chi connectivity index (χ2n) is 5.60. The van der Waals surface area contributed by atoms with E-state index in [-0.39, 0.29) is 0 Å². The van der Waals surface area contributed by atoms with E-state index < -0.39 is 5.63 Å². The molecule has 1 fully saturated rings. The van der Waals surface area contributed by atoms with Crippen LogP contribution in [0.4, 0.5) is 17.3 Å². The van der Waals surface area contributed by atoms with E-state index >= 15 is 0 Å². The second kappa shape index (κ2) is 6.29. The summed E-state index contributed by atoms with van der Waals surface area (Å²) in [7, 11) is 0. The van der Waals surface area contributed by atoms with E-state index in [2.05, 4.69) is 31.6 Å². The summed E-state index contributed by atoms with van der Waals surface area (Å²) in [5.74, 6) is 0.363. The van der Waals surface area contributed by atoms with Crippen LogP contribution in [0.5, 0.6) is 0 Å². The van der Waals surface area contributed by atoms with Crippen molar-refractivity contribution in [3.05, 3.63) is 53.1 Å². The molecule has 1 saturated heterocycles. The largest absolute Gasteiger partial charge is 0.421 e. The molecule has 7 nitrogen and oxygen atoms in total. The van der Waals surface area contributed by atoms with Gasteiger partial charge < -0.3 is 20.0 Å². The van der Waals surface area contributed by atoms with Crippen LogP contribution >= 0.6 is 0 Å². The number of aromatic nitrogens is 2. The normalized spacial score (nSPS) is 14.8. The zero-order chi connectivity index (χ0) is 16.4. The lowest BCUT2D eigenvalue weighted by Gasteiger charge is -2.29. The monoisotopic (exact) mass is 323 g/mol. The first kappa shape index (κ1) is 14.6. The Labute approximate surface area is 138 Å². The van der Waals surface area contributed by atoms with Crippen LogP contribution < -0.4 is 21.2 Å². The predicted octanol–water partition coefficient (Wildman–Crippen LogP) is 1.74. The summed E-state index contributed by atoms with van der Waals surface area (Å²) < 4.78 is 5.48. The summed E-state index contributed by atoms with van der Waals surface area (Å²) in [6, 6.07) is 9.42. The molecule has 3 heterocycles. The van der Waals surface area contributed by atoms with Gasteiger partial charge in [0.2, 0.25) is 5.95 Å². The second-order valence-corrected chi connectivity index (χ2v) is 5.60. The lowest BCUT2D eigenvalue weighted by atomic mass is 10.2. The maximum atomic E-state index is 12.2. The molecule has 0 atom stereocenters. The van der Waals surface area contributed by atoms with Gasteiger partial charge in [-0.2, -0.15) is 0 Å². The SMILES string of the molecule is O=c1oc2cc(N3CCNCC3)ccc2cc1Nc1ncccn1. The van der Waals surface area contributed by atoms with Gasteiger partial charge in [-0.25, -0.2) is 14.8 Å². The van der Waals surface area contributed by atoms with E-state index in [0.717, 1.165) is 37.3 Å². The quantitative estimate of drug-likeness (QED) is 0.710. The van der Waals surface area contributed by atoms with Crippen molar-refractivity contribution in [2.75, 3.05) is 36.4 Å². The fraction of sp³-hybridized carbons (Fsp3) is 0.235. The molecular weight excluding hydrogens is 306 g/mol. The molecule has 0 spiro atoms. The Balaban J connectivity index is 1.67. The van der Waals surface area contributed by atoms with Gasteiger partial charge in [0.15, 0.2) is 0 Å². The third kappa shape index (κ3) is 2.93. The zero-order valence-corrected chi connectivity index (χ0v) is 13.0. The third-order valence-corrected chi connectivity index (χ3v) is 4.01. The minimum atomic E-state index is -0.438. The number of nitrogens with zero attached hydrogens (tertiary/aromatic N) is 3. The van der Waals surface area contributed by atoms with E-state index in [1.54, 1.807) is 24.5 Å². The Morgan fingerprint density at radius 1 is 1.12 bits per heavy atom. The van der Waals surface area contributed by atoms with Crippen molar-refractivity contribution in [1.82, 2.24) is 15.3 Å². The predicted molar refractivity (Wildman–Crippen MR) is 92.9 cm³/mol. The maximum Gasteiger partial charge on any atom is 0.360 e. The van der Waals surface area contributed by atoms with Crippen LogP contribution in [0.15, 0.2) is 51.9 Å². The van der Waals surface area contributed by atoms with E-state index in [4.69, 9.17) is 4.42 Å². The summed E-state index contributed by atoms with van der Waals surface area (Å²) in [4.78, 5) is 22.6. The van der Waals surface area contributed by atoms with Crippen molar-refractivity contribution in [2.45, 2.75) is 0 Å². The van der Waals surface area contributed by atoms with E-state index in [1.807, 2.05) is 12.1 Å². The zero-order valence-electron chi connectivity index (χ0n) is 13.0. The first-order valence-electron chi connectivity index (χ1n) is 7.87. The average molecular weight is 323 g/mol. The highest BCUT2D eigenvalue weighted by molar-refractivity contribution is 5.83. The van der Waals surface area contributed by atoms with Gasteiger partial charge in [0.25, 0.3) is 0 Å². The van der Waals surface area contributed by atoms with Crippen molar-refractivity contribution in [1.29, 1.82) is 0 Å². The number of piperazine rings is 1. The summed E-state index contributed by atoms with van der Waals surface area (Å²) in [5.41, 5.74) is 1.53. The number of hydrogen-bond donors (Lipinski definition) is 2. The maximum absolute atomic E-state index is 12.2. The highest BCUT2D eigenvalue weighted by Crippen LogP contribution is 2.23. The third-order valence-electron chi connectivity index (χ3n) is 4.01. The molecule has 2 aromatic heterocycles. The van der Waals surface area contributed by atoms with E-state index in [0.29, 0.717) is 17.2 Å². The van der Waals surface area contributed by atoms with Crippen LogP contribution in [0.2, 0.25) is 0 Å². The minimum absolute atomic E-state index is 0.323. The number of fused-ring (bicyclic) bond motifs is 1. The van der Waals surface area contributed by atoms with Gasteiger partial charge >= 0.3 is 5.63 Å². The Bertz CT molecular complexity index is 904. The number of rotatable bonds is 3. The molecule has 0 amide bonds. The van der Waals surface area contributed by atoms with Crippen LogP contribution in [-0.4, -0.2) is 36.1 Å². The molecule has 1 aliphatic heterocycles. The summed E-state index contributed by atoms with van der Waals surface area (Å²) in [6.07, 6.45) is 3.22. The van der Waals surface area contributed by atoms with Gasteiger partial charge in [0.1, 0.15) is 11.3 Å². The van der Waals surface area contributed by atoms with Gasteiger partial charge in [-0.3, -0.25) is 0 Å². The lowest BCUT2D eigenvalue weighted by molar-refractivity contribution is 0.562. The van der Waals surface area contributed by atoms with Crippen LogP contribution in [0.1, 0.15) is 0 Å². The number of hydrogen-bond acceptors (Lipinski definition) is 7. The summed E-state index contributed by atoms with van der Waals surface area (Å²) >= 11 is 0. The molecular formula is C17H17N5O2. The molecule has 3 aromatic rings. The first-order chi connectivity index (χ1) is 11.8. The Kier molecular flexibility index (Phi) is 3.84. The fourth-order valence-electron chi connectivity index (χ4n) is 2.79. The lowest BCUT2D eigenvalue weighted by Crippen LogP contribution is -2.43. The fourth-order valence-corrected chi connectivity index (χ4v) is 2.79. The van der Waals surface area contributed by atoms with Crippen LogP contribution in [0, 0.1) is 0 Å². The number of anilines is 3. The molecule has 24 heavy (non-hydrogen) atoms. The molecule has 7 heteroatoms. The first-order valence-corrected chi connectivity index (χ1v) is 7.87. The van der Waals surface area contributed by atoms with Gasteiger partial charge in [-0.1, -0.05) is 0 Å². The van der Waals surface area contributed by atoms with Gasteiger partial charge in [0.05, 0.1) is 0 Å². The van der Waals surface area contributed by atoms with E-state index in [1.165, 1.54) is 0 Å². The molecule has 0 radical (unpaired) electrons. The molecule has 0 aliphatic carbocycles. The standard InChI is InChI=1S/C17H17N5O2/c23-16-14(21-17-19-4-1-5-20-17)10-12-2-3-13(11-15(12)24-16)22-8-6-18-7-9-22/h1-5,10-11,18H,6-9H2,(H,19,20,21). The number of benzene rings is 1. The molecule has 122 valence electrons. The summed E-state index contributed by atoms with van der Waals surface area (Å²) in [5, 5.41) is 7.07. The molecule has 4 rings (SSSR count). The molecule has 1 aliphatic rings. The van der Waals surface area contributed by atoms with Crippen molar-refractivity contribution in [2.24, 2.45) is 0 Å². The Hall–Kier alpha value is -2.93. The Morgan fingerprint density at radius 3 is 2.71 bits per heavy atom. The van der Waals surface area contributed by atoms with Crippen molar-refractivity contribution in [3.8, 4) is 0 Å². The van der Waals surface area contributed by atoms with Crippen LogP contribution in [0.3, 0.4) is 0 Å². The molecule has 0 bridgehead atoms. The van der Waals surface area contributed by atoms with Gasteiger partial charge in [-0.05, 0) is 24.3 Å². The minimum Gasteiger partial charge on any atom is -0.421 e. The van der Waals surface area contributed by atoms with Gasteiger partial charge in [-0.15, -0.1) is 0 Å². The van der Waals surface area contributed by atoms with Gasteiger partial charge in [0, 0.05) is 55.7 Å². The highest BCUT2D eigenvalue weighted by Gasteiger charge is 2.12. The topological polar surface area (TPSA) is 83.3 Å². The van der Waals surface area contributed by atoms with Crippen molar-refractivity contribution < 1.29 is 4.42 Å². The molecule has 0 unspecified atom stereocenters. The Morgan fingerprint density at radius 2 is 1.92 bits per heavy atom. The molecule has 0 saturated carbocycles. The smallest absolute Gasteiger partial charge is 0.360 e. The van der Waals surface area contributed by atoms with Crippen molar-refractivity contribution >= 4 is 28.3 Å². The highest BCUT2D eigenvalue weighted by atomic mass is 16.4. The number of nitrogens with one attached hydrogen (secondary N) is 2. The van der Waals surface area contributed by atoms with Crippen LogP contribution in [-0.2, 0) is 0 Å². The molecule has 1 aromatic carbocycles. The van der Waals surface area contributed by atoms with Crippen LogP contribution in [0.25, 0.3) is 11.0 Å².